The number of aryl methyl sites for hydroxylation is 1. The molecule has 98 valence electrons. The third kappa shape index (κ3) is 2.98. The fourth-order valence-corrected chi connectivity index (χ4v) is 4.80. The first-order valence-corrected chi connectivity index (χ1v) is 9.04. The number of carbonyl (C=O) groups excluding carboxylic acids is 1. The molecular weight excluding hydrogens is 389 g/mol. The average molecular weight is 401 g/mol. The molecule has 19 heavy (non-hydrogen) atoms. The van der Waals surface area contributed by atoms with Crippen LogP contribution in [0.5, 0.6) is 0 Å². The maximum atomic E-state index is 12.3. The van der Waals surface area contributed by atoms with E-state index in [9.17, 15) is 4.79 Å². The lowest BCUT2D eigenvalue weighted by Crippen LogP contribution is -2.11. The van der Waals surface area contributed by atoms with Gasteiger partial charge in [-0.25, -0.2) is 0 Å². The van der Waals surface area contributed by atoms with Gasteiger partial charge in [0.1, 0.15) is 0 Å². The number of anilines is 1. The van der Waals surface area contributed by atoms with Crippen LogP contribution >= 0.6 is 45.7 Å². The van der Waals surface area contributed by atoms with E-state index in [1.807, 2.05) is 36.0 Å². The zero-order valence-corrected chi connectivity index (χ0v) is 13.9. The molecule has 0 saturated carbocycles. The molecular formula is C14H12INOS2. The molecule has 0 fully saturated rings. The third-order valence-corrected chi connectivity index (χ3v) is 6.16. The largest absolute Gasteiger partial charge is 0.320 e. The first-order chi connectivity index (χ1) is 9.24. The number of nitrogens with one attached hydrogen (secondary N) is 1. The molecule has 1 aromatic carbocycles. The molecule has 0 bridgehead atoms. The smallest absolute Gasteiger partial charge is 0.265 e. The summed E-state index contributed by atoms with van der Waals surface area (Å²) in [5.41, 5.74) is 2.23. The van der Waals surface area contributed by atoms with Crippen molar-refractivity contribution >= 4 is 57.3 Å². The molecule has 0 atom stereocenters. The van der Waals surface area contributed by atoms with Gasteiger partial charge in [-0.05, 0) is 58.5 Å². The number of amides is 1. The number of thiophene rings is 1. The Balaban J connectivity index is 1.81. The molecule has 2 heterocycles. The van der Waals surface area contributed by atoms with Crippen LogP contribution in [0.2, 0.25) is 0 Å². The summed E-state index contributed by atoms with van der Waals surface area (Å²) >= 11 is 5.82. The Bertz CT molecular complexity index is 600. The summed E-state index contributed by atoms with van der Waals surface area (Å²) in [7, 11) is 0. The maximum absolute atomic E-state index is 12.3. The van der Waals surface area contributed by atoms with Gasteiger partial charge in [-0.3, -0.25) is 4.79 Å². The highest BCUT2D eigenvalue weighted by Gasteiger charge is 2.17. The number of hydrogen-bond acceptors (Lipinski definition) is 3. The number of carbonyl (C=O) groups is 1. The lowest BCUT2D eigenvalue weighted by atomic mass is 10.2. The molecule has 1 aliphatic heterocycles. The van der Waals surface area contributed by atoms with Crippen LogP contribution in [0.15, 0.2) is 30.3 Å². The van der Waals surface area contributed by atoms with Crippen molar-refractivity contribution < 1.29 is 4.79 Å². The van der Waals surface area contributed by atoms with Crippen LogP contribution in [0.3, 0.4) is 0 Å². The van der Waals surface area contributed by atoms with Crippen molar-refractivity contribution in [2.24, 2.45) is 0 Å². The van der Waals surface area contributed by atoms with Crippen LogP contribution in [-0.4, -0.2) is 11.7 Å². The van der Waals surface area contributed by atoms with E-state index < -0.39 is 0 Å². The van der Waals surface area contributed by atoms with Gasteiger partial charge in [0.2, 0.25) is 0 Å². The normalized spacial score (nSPS) is 13.9. The van der Waals surface area contributed by atoms with Gasteiger partial charge in [0.05, 0.1) is 10.6 Å². The molecule has 0 spiro atoms. The summed E-state index contributed by atoms with van der Waals surface area (Å²) in [4.78, 5) is 14.5. The van der Waals surface area contributed by atoms with Gasteiger partial charge >= 0.3 is 0 Å². The molecule has 0 unspecified atom stereocenters. The van der Waals surface area contributed by atoms with E-state index in [2.05, 4.69) is 34.0 Å². The number of benzene rings is 1. The van der Waals surface area contributed by atoms with Gasteiger partial charge < -0.3 is 5.32 Å². The van der Waals surface area contributed by atoms with Crippen molar-refractivity contribution in [1.82, 2.24) is 0 Å². The molecule has 0 aliphatic carbocycles. The van der Waals surface area contributed by atoms with Crippen LogP contribution in [-0.2, 0) is 12.2 Å². The van der Waals surface area contributed by atoms with Crippen molar-refractivity contribution in [2.75, 3.05) is 11.1 Å². The van der Waals surface area contributed by atoms with Gasteiger partial charge in [0, 0.05) is 14.2 Å². The first-order valence-electron chi connectivity index (χ1n) is 5.99. The summed E-state index contributed by atoms with van der Waals surface area (Å²) in [5.74, 6) is 2.22. The van der Waals surface area contributed by atoms with Gasteiger partial charge in [0.15, 0.2) is 0 Å². The predicted octanol–water partition coefficient (Wildman–Crippen LogP) is 4.39. The van der Waals surface area contributed by atoms with Gasteiger partial charge in [-0.1, -0.05) is 12.1 Å². The fraction of sp³-hybridized carbons (Fsp3) is 0.214. The molecule has 2 aromatic rings. The van der Waals surface area contributed by atoms with Crippen LogP contribution in [0.4, 0.5) is 5.69 Å². The molecule has 5 heteroatoms. The summed E-state index contributed by atoms with van der Waals surface area (Å²) in [6.45, 7) is 0. The quantitative estimate of drug-likeness (QED) is 0.757. The SMILES string of the molecule is O=C(Nc1ccccc1I)c1cc2c(s1)CCSC2. The molecule has 0 saturated heterocycles. The van der Waals surface area contributed by atoms with Gasteiger partial charge in [-0.15, -0.1) is 11.3 Å². The lowest BCUT2D eigenvalue weighted by Gasteiger charge is -2.08. The Kier molecular flexibility index (Phi) is 4.14. The van der Waals surface area contributed by atoms with E-state index >= 15 is 0 Å². The second-order valence-electron chi connectivity index (χ2n) is 4.30. The van der Waals surface area contributed by atoms with Crippen molar-refractivity contribution in [3.63, 3.8) is 0 Å². The van der Waals surface area contributed by atoms with Crippen molar-refractivity contribution in [3.05, 3.63) is 49.2 Å². The molecule has 2 nitrogen and oxygen atoms in total. The Labute approximate surface area is 134 Å². The Morgan fingerprint density at radius 2 is 2.16 bits per heavy atom. The number of thioether (sulfide) groups is 1. The number of para-hydroxylation sites is 1. The molecule has 3 rings (SSSR count). The van der Waals surface area contributed by atoms with Crippen LogP contribution in [0, 0.1) is 3.57 Å². The maximum Gasteiger partial charge on any atom is 0.265 e. The summed E-state index contributed by atoms with van der Waals surface area (Å²) in [6.07, 6.45) is 1.10. The number of fused-ring (bicyclic) bond motifs is 1. The highest BCUT2D eigenvalue weighted by atomic mass is 127. The summed E-state index contributed by atoms with van der Waals surface area (Å²) < 4.78 is 1.06. The molecule has 1 amide bonds. The minimum absolute atomic E-state index is 0.00789. The second-order valence-corrected chi connectivity index (χ2v) is 7.70. The zero-order valence-electron chi connectivity index (χ0n) is 10.1. The van der Waals surface area contributed by atoms with E-state index in [1.165, 1.54) is 16.2 Å². The summed E-state index contributed by atoms with van der Waals surface area (Å²) in [5, 5.41) is 2.99. The van der Waals surface area contributed by atoms with Crippen LogP contribution < -0.4 is 5.32 Å². The average Bonchev–Trinajstić information content (AvgIpc) is 2.85. The molecule has 0 radical (unpaired) electrons. The van der Waals surface area contributed by atoms with Gasteiger partial charge in [0.25, 0.3) is 5.91 Å². The topological polar surface area (TPSA) is 29.1 Å². The molecule has 1 N–H and O–H groups in total. The zero-order chi connectivity index (χ0) is 13.2. The molecule has 1 aromatic heterocycles. The van der Waals surface area contributed by atoms with E-state index in [-0.39, 0.29) is 5.91 Å². The van der Waals surface area contributed by atoms with E-state index in [1.54, 1.807) is 11.3 Å². The highest BCUT2D eigenvalue weighted by molar-refractivity contribution is 14.1. The summed E-state index contributed by atoms with van der Waals surface area (Å²) in [6, 6.07) is 9.89. The molecule has 1 aliphatic rings. The number of hydrogen-bond donors (Lipinski definition) is 1. The van der Waals surface area contributed by atoms with Crippen molar-refractivity contribution in [2.45, 2.75) is 12.2 Å². The Morgan fingerprint density at radius 1 is 1.32 bits per heavy atom. The van der Waals surface area contributed by atoms with Gasteiger partial charge in [-0.2, -0.15) is 11.8 Å². The number of rotatable bonds is 2. The predicted molar refractivity (Wildman–Crippen MR) is 91.3 cm³/mol. The fourth-order valence-electron chi connectivity index (χ4n) is 2.01. The third-order valence-electron chi connectivity index (χ3n) is 2.97. The van der Waals surface area contributed by atoms with Crippen LogP contribution in [0.1, 0.15) is 20.1 Å². The van der Waals surface area contributed by atoms with E-state index in [0.29, 0.717) is 0 Å². The second kappa shape index (κ2) is 5.85. The van der Waals surface area contributed by atoms with Crippen molar-refractivity contribution in [1.29, 1.82) is 0 Å². The highest BCUT2D eigenvalue weighted by Crippen LogP contribution is 2.32. The number of halogens is 1. The Morgan fingerprint density at radius 3 is 2.95 bits per heavy atom. The van der Waals surface area contributed by atoms with Crippen LogP contribution in [0.25, 0.3) is 0 Å². The van der Waals surface area contributed by atoms with E-state index in [0.717, 1.165) is 26.3 Å². The minimum Gasteiger partial charge on any atom is -0.320 e. The van der Waals surface area contributed by atoms with Crippen molar-refractivity contribution in [3.8, 4) is 0 Å². The van der Waals surface area contributed by atoms with E-state index in [4.69, 9.17) is 0 Å². The Hall–Kier alpha value is -0.530. The monoisotopic (exact) mass is 401 g/mol. The first kappa shape index (κ1) is 13.5. The lowest BCUT2D eigenvalue weighted by molar-refractivity contribution is 0.103. The minimum atomic E-state index is 0.00789. The standard InChI is InChI=1S/C14H12INOS2/c15-10-3-1-2-4-11(10)16-14(17)13-7-9-8-18-6-5-12(9)19-13/h1-4,7H,5-6,8H2,(H,16,17).